The molecule has 2 heterocycles. The Labute approximate surface area is 207 Å². The van der Waals surface area contributed by atoms with Crippen molar-refractivity contribution < 1.29 is 35.5 Å². The lowest BCUT2D eigenvalue weighted by Crippen LogP contribution is -2.21. The van der Waals surface area contributed by atoms with Gasteiger partial charge >= 0.3 is 6.18 Å². The molecule has 1 saturated carbocycles. The van der Waals surface area contributed by atoms with Crippen LogP contribution in [0.1, 0.15) is 40.2 Å². The lowest BCUT2D eigenvalue weighted by Gasteiger charge is -2.16. The first-order valence-corrected chi connectivity index (χ1v) is 12.3. The molecule has 1 N–H and O–H groups in total. The number of hydrogen-bond acceptors (Lipinski definition) is 9. The fourth-order valence-corrected chi connectivity index (χ4v) is 4.07. The van der Waals surface area contributed by atoms with E-state index in [0.29, 0.717) is 12.8 Å². The van der Waals surface area contributed by atoms with Gasteiger partial charge in [-0.3, -0.25) is 4.79 Å². The SMILES string of the molecule is Cc1c(C(F)(F)F)nnc(Oc2ncc(C3(C#N)CC3)nc2F)c1C(=O)Nc1cccc(S(C)(=O)=O)c1. The highest BCUT2D eigenvalue weighted by Gasteiger charge is 2.47. The number of rotatable bonds is 6. The summed E-state index contributed by atoms with van der Waals surface area (Å²) in [4.78, 5) is 20.3. The lowest BCUT2D eigenvalue weighted by atomic mass is 10.1. The fraction of sp³-hybridized carbons (Fsp3) is 0.273. The minimum atomic E-state index is -4.98. The van der Waals surface area contributed by atoms with Crippen LogP contribution in [-0.2, 0) is 21.4 Å². The number of nitriles is 1. The van der Waals surface area contributed by atoms with E-state index in [0.717, 1.165) is 25.4 Å². The summed E-state index contributed by atoms with van der Waals surface area (Å²) in [5, 5.41) is 17.9. The van der Waals surface area contributed by atoms with E-state index in [2.05, 4.69) is 25.5 Å². The first-order chi connectivity index (χ1) is 17.2. The second-order valence-corrected chi connectivity index (χ2v) is 10.3. The zero-order valence-corrected chi connectivity index (χ0v) is 19.9. The molecule has 1 fully saturated rings. The van der Waals surface area contributed by atoms with Crippen LogP contribution in [-0.4, -0.2) is 40.7 Å². The number of carbonyl (C=O) groups is 1. The van der Waals surface area contributed by atoms with E-state index in [1.165, 1.54) is 18.2 Å². The first kappa shape index (κ1) is 25.9. The van der Waals surface area contributed by atoms with Crippen molar-refractivity contribution in [2.24, 2.45) is 0 Å². The standard InChI is InChI=1S/C22H16F4N6O4S/c1-11-15(18(33)29-12-4-3-5-13(8-12)37(2,34)35)19(32-31-16(11)22(24,25)26)36-20-17(23)30-14(9-28-20)21(10-27)6-7-21/h3-5,8-9H,6-7H2,1-2H3,(H,29,33). The number of nitrogens with zero attached hydrogens (tertiary/aromatic N) is 5. The van der Waals surface area contributed by atoms with Crippen molar-refractivity contribution in [1.82, 2.24) is 20.2 Å². The van der Waals surface area contributed by atoms with E-state index in [9.17, 15) is 36.0 Å². The van der Waals surface area contributed by atoms with Gasteiger partial charge in [-0.1, -0.05) is 6.07 Å². The van der Waals surface area contributed by atoms with Crippen LogP contribution in [0.2, 0.25) is 0 Å². The number of sulfone groups is 1. The van der Waals surface area contributed by atoms with Gasteiger partial charge in [-0.15, -0.1) is 10.2 Å². The van der Waals surface area contributed by atoms with Gasteiger partial charge in [-0.2, -0.15) is 22.8 Å². The van der Waals surface area contributed by atoms with E-state index >= 15 is 0 Å². The Hall–Kier alpha value is -4.19. The van der Waals surface area contributed by atoms with Gasteiger partial charge in [-0.25, -0.2) is 18.4 Å². The zero-order chi connectivity index (χ0) is 27.2. The van der Waals surface area contributed by atoms with Gasteiger partial charge in [0.2, 0.25) is 0 Å². The molecule has 0 radical (unpaired) electrons. The Morgan fingerprint density at radius 1 is 1.22 bits per heavy atom. The van der Waals surface area contributed by atoms with Gasteiger partial charge in [0.15, 0.2) is 15.5 Å². The van der Waals surface area contributed by atoms with Crippen LogP contribution in [0, 0.1) is 24.2 Å². The topological polar surface area (TPSA) is 148 Å². The van der Waals surface area contributed by atoms with Gasteiger partial charge in [0.05, 0.1) is 22.9 Å². The smallest absolute Gasteiger partial charge is 0.414 e. The molecule has 3 aromatic rings. The van der Waals surface area contributed by atoms with Crippen LogP contribution in [0.15, 0.2) is 35.4 Å². The van der Waals surface area contributed by atoms with Crippen molar-refractivity contribution >= 4 is 21.4 Å². The fourth-order valence-electron chi connectivity index (χ4n) is 3.40. The summed E-state index contributed by atoms with van der Waals surface area (Å²) < 4.78 is 83.9. The molecule has 15 heteroatoms. The number of aromatic nitrogens is 4. The first-order valence-electron chi connectivity index (χ1n) is 10.4. The molecule has 1 aromatic carbocycles. The number of benzene rings is 1. The van der Waals surface area contributed by atoms with Crippen molar-refractivity contribution in [3.05, 3.63) is 58.9 Å². The third kappa shape index (κ3) is 5.19. The minimum Gasteiger partial charge on any atom is -0.414 e. The summed E-state index contributed by atoms with van der Waals surface area (Å²) in [5.74, 6) is -4.04. The summed E-state index contributed by atoms with van der Waals surface area (Å²) in [7, 11) is -3.65. The minimum absolute atomic E-state index is 0.0507. The molecule has 10 nitrogen and oxygen atoms in total. The Bertz CT molecular complexity index is 1570. The van der Waals surface area contributed by atoms with Gasteiger partial charge < -0.3 is 10.1 Å². The third-order valence-corrected chi connectivity index (χ3v) is 6.66. The Kier molecular flexibility index (Phi) is 6.32. The number of nitrogens with one attached hydrogen (secondary N) is 1. The summed E-state index contributed by atoms with van der Waals surface area (Å²) in [6.07, 6.45) is -2.02. The van der Waals surface area contributed by atoms with Crippen molar-refractivity contribution in [3.8, 4) is 17.8 Å². The average Bonchev–Trinajstić information content (AvgIpc) is 3.60. The van der Waals surface area contributed by atoms with Crippen LogP contribution in [0.5, 0.6) is 11.8 Å². The molecule has 4 rings (SSSR count). The van der Waals surface area contributed by atoms with Gasteiger partial charge in [0, 0.05) is 11.9 Å². The van der Waals surface area contributed by atoms with Gasteiger partial charge in [0.25, 0.3) is 23.6 Å². The van der Waals surface area contributed by atoms with Crippen molar-refractivity contribution in [2.45, 2.75) is 36.3 Å². The van der Waals surface area contributed by atoms with Gasteiger partial charge in [0.1, 0.15) is 11.0 Å². The van der Waals surface area contributed by atoms with Gasteiger partial charge in [-0.05, 0) is 43.5 Å². The van der Waals surface area contributed by atoms with Crippen molar-refractivity contribution in [2.75, 3.05) is 11.6 Å². The van der Waals surface area contributed by atoms with E-state index < -0.39 is 61.9 Å². The predicted octanol–water partition coefficient (Wildman–Crippen LogP) is 3.74. The van der Waals surface area contributed by atoms with Crippen molar-refractivity contribution in [3.63, 3.8) is 0 Å². The van der Waals surface area contributed by atoms with E-state index in [4.69, 9.17) is 4.74 Å². The van der Waals surface area contributed by atoms with Crippen LogP contribution >= 0.6 is 0 Å². The average molecular weight is 536 g/mol. The van der Waals surface area contributed by atoms with Crippen molar-refractivity contribution in [1.29, 1.82) is 5.26 Å². The number of halogens is 4. The molecule has 0 unspecified atom stereocenters. The highest BCUT2D eigenvalue weighted by molar-refractivity contribution is 7.90. The number of anilines is 1. The Balaban J connectivity index is 1.74. The Morgan fingerprint density at radius 3 is 2.49 bits per heavy atom. The molecule has 1 aliphatic carbocycles. The number of hydrogen-bond donors (Lipinski definition) is 1. The molecule has 0 aliphatic heterocycles. The molecule has 0 atom stereocenters. The van der Waals surface area contributed by atoms with E-state index in [1.807, 2.05) is 6.07 Å². The maximum absolute atomic E-state index is 14.6. The molecule has 0 saturated heterocycles. The quantitative estimate of drug-likeness (QED) is 0.465. The Morgan fingerprint density at radius 2 is 1.92 bits per heavy atom. The van der Waals surface area contributed by atoms with Crippen LogP contribution in [0.4, 0.5) is 23.2 Å². The monoisotopic (exact) mass is 536 g/mol. The maximum atomic E-state index is 14.6. The predicted molar refractivity (Wildman–Crippen MR) is 118 cm³/mol. The summed E-state index contributed by atoms with van der Waals surface area (Å²) in [6, 6.07) is 7.03. The molecule has 0 bridgehead atoms. The third-order valence-electron chi connectivity index (χ3n) is 5.55. The molecule has 1 aliphatic rings. The van der Waals surface area contributed by atoms with Crippen LogP contribution < -0.4 is 10.1 Å². The van der Waals surface area contributed by atoms with Crippen LogP contribution in [0.25, 0.3) is 0 Å². The zero-order valence-electron chi connectivity index (χ0n) is 19.1. The molecule has 192 valence electrons. The largest absolute Gasteiger partial charge is 0.435 e. The highest BCUT2D eigenvalue weighted by atomic mass is 32.2. The number of ether oxygens (including phenoxy) is 1. The second kappa shape index (κ2) is 9.04. The molecule has 2 aromatic heterocycles. The molecule has 1 amide bonds. The summed E-state index contributed by atoms with van der Waals surface area (Å²) >= 11 is 0. The summed E-state index contributed by atoms with van der Waals surface area (Å²) in [5.41, 5.74) is -3.85. The molecule has 0 spiro atoms. The molecule has 37 heavy (non-hydrogen) atoms. The number of alkyl halides is 3. The number of amides is 1. The van der Waals surface area contributed by atoms with Crippen LogP contribution in [0.3, 0.4) is 0 Å². The number of carbonyl (C=O) groups excluding carboxylic acids is 1. The van der Waals surface area contributed by atoms with E-state index in [1.54, 1.807) is 0 Å². The molecular formula is C22H16F4N6O4S. The lowest BCUT2D eigenvalue weighted by molar-refractivity contribution is -0.142. The second-order valence-electron chi connectivity index (χ2n) is 8.25. The molecular weight excluding hydrogens is 520 g/mol. The summed E-state index contributed by atoms with van der Waals surface area (Å²) in [6.45, 7) is 0.946. The maximum Gasteiger partial charge on any atom is 0.435 e. The highest BCUT2D eigenvalue weighted by Crippen LogP contribution is 2.46. The van der Waals surface area contributed by atoms with E-state index in [-0.39, 0.29) is 16.3 Å². The normalized spacial score (nSPS) is 14.5.